The topological polar surface area (TPSA) is 41.0 Å². The lowest BCUT2D eigenvalue weighted by Crippen LogP contribution is -2.31. The number of nitrogens with one attached hydrogen (secondary N) is 1. The predicted molar refractivity (Wildman–Crippen MR) is 93.3 cm³/mol. The van der Waals surface area contributed by atoms with Crippen LogP contribution in [0.4, 0.5) is 11.6 Å². The van der Waals surface area contributed by atoms with Crippen LogP contribution in [0, 0.1) is 6.92 Å². The van der Waals surface area contributed by atoms with E-state index in [1.807, 2.05) is 19.1 Å². The van der Waals surface area contributed by atoms with Gasteiger partial charge in [0, 0.05) is 25.2 Å². The number of benzene rings is 1. The van der Waals surface area contributed by atoms with Crippen LogP contribution < -0.4 is 10.2 Å². The van der Waals surface area contributed by atoms with E-state index < -0.39 is 0 Å². The fourth-order valence-electron chi connectivity index (χ4n) is 2.35. The lowest BCUT2D eigenvalue weighted by molar-refractivity contribution is 0.669. The van der Waals surface area contributed by atoms with Gasteiger partial charge in [0.2, 0.25) is 0 Å². The molecule has 0 saturated heterocycles. The number of hydrogen-bond donors (Lipinski definition) is 1. The van der Waals surface area contributed by atoms with Gasteiger partial charge in [0.05, 0.1) is 0 Å². The summed E-state index contributed by atoms with van der Waals surface area (Å²) in [6.45, 7) is 10.3. The predicted octanol–water partition coefficient (Wildman–Crippen LogP) is 4.02. The van der Waals surface area contributed by atoms with E-state index >= 15 is 0 Å². The molecule has 0 bridgehead atoms. The van der Waals surface area contributed by atoms with Gasteiger partial charge in [-0.15, -0.1) is 0 Å². The summed E-state index contributed by atoms with van der Waals surface area (Å²) < 4.78 is 0. The van der Waals surface area contributed by atoms with Crippen LogP contribution in [0.2, 0.25) is 0 Å². The molecule has 0 aliphatic carbocycles. The van der Waals surface area contributed by atoms with E-state index in [4.69, 9.17) is 0 Å². The van der Waals surface area contributed by atoms with Gasteiger partial charge in [0.25, 0.3) is 0 Å². The van der Waals surface area contributed by atoms with Crippen molar-refractivity contribution in [2.24, 2.45) is 0 Å². The van der Waals surface area contributed by atoms with Crippen molar-refractivity contribution >= 4 is 11.6 Å². The number of nitrogens with zero attached hydrogens (tertiary/aromatic N) is 3. The van der Waals surface area contributed by atoms with Crippen molar-refractivity contribution in [2.45, 2.75) is 46.7 Å². The third-order valence-corrected chi connectivity index (χ3v) is 3.49. The maximum Gasteiger partial charge on any atom is 0.134 e. The molecule has 0 unspecified atom stereocenters. The zero-order valence-electron chi connectivity index (χ0n) is 14.0. The third-order valence-electron chi connectivity index (χ3n) is 3.49. The molecule has 1 aromatic heterocycles. The standard InChI is InChI=1S/C18H26N4/c1-5-11-19-17-12-18(21-15(4)20-17)22(14(2)3)13-16-9-7-6-8-10-16/h6-10,12,14H,5,11,13H2,1-4H3,(H,19,20,21). The van der Waals surface area contributed by atoms with Crippen LogP contribution in [-0.2, 0) is 6.54 Å². The highest BCUT2D eigenvalue weighted by Gasteiger charge is 2.14. The summed E-state index contributed by atoms with van der Waals surface area (Å²) in [5.41, 5.74) is 1.29. The van der Waals surface area contributed by atoms with Crippen LogP contribution in [0.15, 0.2) is 36.4 Å². The van der Waals surface area contributed by atoms with E-state index in [0.29, 0.717) is 6.04 Å². The Balaban J connectivity index is 2.26. The first-order chi connectivity index (χ1) is 10.6. The molecule has 0 aliphatic heterocycles. The smallest absolute Gasteiger partial charge is 0.134 e. The Hall–Kier alpha value is -2.10. The first kappa shape index (κ1) is 16.3. The first-order valence-corrected chi connectivity index (χ1v) is 8.00. The maximum absolute atomic E-state index is 4.63. The second-order valence-electron chi connectivity index (χ2n) is 5.79. The number of rotatable bonds is 7. The quantitative estimate of drug-likeness (QED) is 0.838. The fraction of sp³-hybridized carbons (Fsp3) is 0.444. The molecule has 0 aliphatic rings. The minimum Gasteiger partial charge on any atom is -0.370 e. The molecule has 0 saturated carbocycles. The Morgan fingerprint density at radius 2 is 1.86 bits per heavy atom. The minimum absolute atomic E-state index is 0.369. The molecule has 4 heteroatoms. The highest BCUT2D eigenvalue weighted by atomic mass is 15.2. The average Bonchev–Trinajstić information content (AvgIpc) is 2.50. The maximum atomic E-state index is 4.63. The summed E-state index contributed by atoms with van der Waals surface area (Å²) >= 11 is 0. The van der Waals surface area contributed by atoms with E-state index in [-0.39, 0.29) is 0 Å². The second kappa shape index (κ2) is 7.78. The first-order valence-electron chi connectivity index (χ1n) is 8.00. The minimum atomic E-state index is 0.369. The second-order valence-corrected chi connectivity index (χ2v) is 5.79. The van der Waals surface area contributed by atoms with Crippen LogP contribution >= 0.6 is 0 Å². The number of anilines is 2. The molecule has 0 radical (unpaired) electrons. The van der Waals surface area contributed by atoms with Gasteiger partial charge in [-0.2, -0.15) is 0 Å². The molecular weight excluding hydrogens is 272 g/mol. The molecule has 1 aromatic carbocycles. The molecule has 0 spiro atoms. The van der Waals surface area contributed by atoms with Gasteiger partial charge in [0.1, 0.15) is 17.5 Å². The molecule has 118 valence electrons. The zero-order chi connectivity index (χ0) is 15.9. The lowest BCUT2D eigenvalue weighted by atomic mass is 10.2. The molecule has 1 N–H and O–H groups in total. The van der Waals surface area contributed by atoms with Gasteiger partial charge in [-0.25, -0.2) is 9.97 Å². The molecule has 22 heavy (non-hydrogen) atoms. The molecular formula is C18H26N4. The largest absolute Gasteiger partial charge is 0.370 e. The molecule has 2 aromatic rings. The lowest BCUT2D eigenvalue weighted by Gasteiger charge is -2.28. The summed E-state index contributed by atoms with van der Waals surface area (Å²) in [6, 6.07) is 12.9. The number of hydrogen-bond acceptors (Lipinski definition) is 4. The van der Waals surface area contributed by atoms with E-state index in [0.717, 1.165) is 37.0 Å². The summed E-state index contributed by atoms with van der Waals surface area (Å²) in [7, 11) is 0. The van der Waals surface area contributed by atoms with Crippen molar-refractivity contribution in [3.8, 4) is 0 Å². The van der Waals surface area contributed by atoms with Crippen LogP contribution in [0.5, 0.6) is 0 Å². The highest BCUT2D eigenvalue weighted by Crippen LogP contribution is 2.21. The van der Waals surface area contributed by atoms with Crippen molar-refractivity contribution in [3.63, 3.8) is 0 Å². The van der Waals surface area contributed by atoms with Gasteiger partial charge in [-0.1, -0.05) is 37.3 Å². The Morgan fingerprint density at radius 1 is 1.14 bits per heavy atom. The summed E-state index contributed by atoms with van der Waals surface area (Å²) in [6.07, 6.45) is 1.08. The zero-order valence-corrected chi connectivity index (χ0v) is 14.0. The van der Waals surface area contributed by atoms with Crippen molar-refractivity contribution < 1.29 is 0 Å². The van der Waals surface area contributed by atoms with Crippen LogP contribution in [0.25, 0.3) is 0 Å². The van der Waals surface area contributed by atoms with E-state index in [1.165, 1.54) is 5.56 Å². The molecule has 2 rings (SSSR count). The summed E-state index contributed by atoms with van der Waals surface area (Å²) in [5, 5.41) is 3.36. The number of aromatic nitrogens is 2. The summed E-state index contributed by atoms with van der Waals surface area (Å²) in [5.74, 6) is 2.68. The average molecular weight is 298 g/mol. The van der Waals surface area contributed by atoms with Crippen LogP contribution in [-0.4, -0.2) is 22.6 Å². The fourth-order valence-corrected chi connectivity index (χ4v) is 2.35. The van der Waals surface area contributed by atoms with E-state index in [2.05, 4.69) is 65.2 Å². The molecule has 1 heterocycles. The van der Waals surface area contributed by atoms with Gasteiger partial charge < -0.3 is 10.2 Å². The Labute approximate surface area is 133 Å². The highest BCUT2D eigenvalue weighted by molar-refractivity contribution is 5.50. The SMILES string of the molecule is CCCNc1cc(N(Cc2ccccc2)C(C)C)nc(C)n1. The third kappa shape index (κ3) is 4.45. The molecule has 0 amide bonds. The van der Waals surface area contributed by atoms with Crippen molar-refractivity contribution in [2.75, 3.05) is 16.8 Å². The van der Waals surface area contributed by atoms with Crippen LogP contribution in [0.1, 0.15) is 38.6 Å². The van der Waals surface area contributed by atoms with E-state index in [9.17, 15) is 0 Å². The summed E-state index contributed by atoms with van der Waals surface area (Å²) in [4.78, 5) is 11.4. The molecule has 0 atom stereocenters. The number of aryl methyl sites for hydroxylation is 1. The van der Waals surface area contributed by atoms with Gasteiger partial charge >= 0.3 is 0 Å². The molecule has 4 nitrogen and oxygen atoms in total. The van der Waals surface area contributed by atoms with Gasteiger partial charge in [-0.3, -0.25) is 0 Å². The normalized spacial score (nSPS) is 10.8. The van der Waals surface area contributed by atoms with E-state index in [1.54, 1.807) is 0 Å². The van der Waals surface area contributed by atoms with Crippen LogP contribution in [0.3, 0.4) is 0 Å². The Bertz CT molecular complexity index is 581. The van der Waals surface area contributed by atoms with Gasteiger partial charge in [0.15, 0.2) is 0 Å². The molecule has 0 fully saturated rings. The Morgan fingerprint density at radius 3 is 2.50 bits per heavy atom. The van der Waals surface area contributed by atoms with Crippen molar-refractivity contribution in [1.82, 2.24) is 9.97 Å². The van der Waals surface area contributed by atoms with Crippen molar-refractivity contribution in [3.05, 3.63) is 47.8 Å². The monoisotopic (exact) mass is 298 g/mol. The Kier molecular flexibility index (Phi) is 5.75. The van der Waals surface area contributed by atoms with Crippen molar-refractivity contribution in [1.29, 1.82) is 0 Å². The van der Waals surface area contributed by atoms with Gasteiger partial charge in [-0.05, 0) is 32.8 Å².